The Balaban J connectivity index is 1.53. The molecular weight excluding hydrogens is 352 g/mol. The Bertz CT molecular complexity index is 591. The van der Waals surface area contributed by atoms with Gasteiger partial charge in [-0.15, -0.1) is 11.8 Å². The van der Waals surface area contributed by atoms with Gasteiger partial charge in [-0.1, -0.05) is 13.8 Å². The van der Waals surface area contributed by atoms with Gasteiger partial charge in [-0.2, -0.15) is 0 Å². The number of ether oxygens (including phenoxy) is 1. The normalized spacial score (nSPS) is 52.0. The number of ketones is 1. The summed E-state index contributed by atoms with van der Waals surface area (Å²) in [5, 5.41) is 0. The summed E-state index contributed by atoms with van der Waals surface area (Å²) in [4.78, 5) is 12.3. The van der Waals surface area contributed by atoms with E-state index in [1.165, 1.54) is 51.4 Å². The second-order valence-corrected chi connectivity index (χ2v) is 12.0. The van der Waals surface area contributed by atoms with Gasteiger partial charge in [-0.25, -0.2) is 0 Å². The first-order valence-electron chi connectivity index (χ1n) is 11.4. The van der Waals surface area contributed by atoms with E-state index in [-0.39, 0.29) is 5.60 Å². The number of thioether (sulfide) groups is 1. The second-order valence-electron chi connectivity index (χ2n) is 11.1. The lowest BCUT2D eigenvalue weighted by molar-refractivity contribution is -0.158. The van der Waals surface area contributed by atoms with Crippen molar-refractivity contribution in [3.05, 3.63) is 0 Å². The van der Waals surface area contributed by atoms with E-state index in [2.05, 4.69) is 27.0 Å². The maximum Gasteiger partial charge on any atom is 0.133 e. The predicted octanol–water partition coefficient (Wildman–Crippen LogP) is 6.33. The summed E-state index contributed by atoms with van der Waals surface area (Å²) in [5.41, 5.74) is 0.887. The molecule has 0 aromatic rings. The van der Waals surface area contributed by atoms with E-state index in [0.717, 1.165) is 36.0 Å². The van der Waals surface area contributed by atoms with Crippen molar-refractivity contribution in [2.75, 3.05) is 12.2 Å². The van der Waals surface area contributed by atoms with E-state index in [9.17, 15) is 4.79 Å². The van der Waals surface area contributed by atoms with E-state index in [0.29, 0.717) is 22.5 Å². The van der Waals surface area contributed by atoms with Crippen molar-refractivity contribution in [3.63, 3.8) is 0 Å². The van der Waals surface area contributed by atoms with Gasteiger partial charge < -0.3 is 4.74 Å². The molecule has 0 spiro atoms. The van der Waals surface area contributed by atoms with E-state index >= 15 is 0 Å². The summed E-state index contributed by atoms with van der Waals surface area (Å²) in [6.45, 7) is 9.30. The van der Waals surface area contributed by atoms with Crippen LogP contribution in [0, 0.1) is 40.4 Å². The standard InChI is InChI=1S/C24H40O2S/c1-16(25)19-8-9-20-18-7-6-17-14-22(2,26-15-27-5)12-13-23(17,3)21(18)10-11-24(19,20)4/h17-21H,6-15H2,1-5H3/t17-,18-,19+,20-,21-,22+,23-,24+/m0/s1. The molecule has 4 fully saturated rings. The van der Waals surface area contributed by atoms with Crippen LogP contribution in [0.3, 0.4) is 0 Å². The topological polar surface area (TPSA) is 26.3 Å². The number of hydrogen-bond donors (Lipinski definition) is 0. The molecule has 2 nitrogen and oxygen atoms in total. The van der Waals surface area contributed by atoms with Crippen molar-refractivity contribution in [3.8, 4) is 0 Å². The summed E-state index contributed by atoms with van der Waals surface area (Å²) in [7, 11) is 0. The van der Waals surface area contributed by atoms with Gasteiger partial charge in [0.05, 0.1) is 11.5 Å². The average molecular weight is 393 g/mol. The first kappa shape index (κ1) is 20.3. The molecule has 154 valence electrons. The van der Waals surface area contributed by atoms with Crippen LogP contribution in [0.1, 0.15) is 85.5 Å². The second kappa shape index (κ2) is 7.04. The van der Waals surface area contributed by atoms with Crippen LogP contribution in [-0.4, -0.2) is 23.6 Å². The third kappa shape index (κ3) is 3.14. The summed E-state index contributed by atoms with van der Waals surface area (Å²) >= 11 is 1.80. The lowest BCUT2D eigenvalue weighted by Gasteiger charge is -2.62. The van der Waals surface area contributed by atoms with Crippen LogP contribution in [-0.2, 0) is 9.53 Å². The number of rotatable bonds is 4. The minimum atomic E-state index is 0.0935. The zero-order valence-corrected chi connectivity index (χ0v) is 19.0. The molecule has 0 saturated heterocycles. The highest BCUT2D eigenvalue weighted by Crippen LogP contribution is 2.68. The van der Waals surface area contributed by atoms with Crippen LogP contribution in [0.2, 0.25) is 0 Å². The van der Waals surface area contributed by atoms with E-state index in [4.69, 9.17) is 4.74 Å². The maximum absolute atomic E-state index is 12.3. The van der Waals surface area contributed by atoms with E-state index in [1.54, 1.807) is 11.8 Å². The van der Waals surface area contributed by atoms with Gasteiger partial charge in [0.25, 0.3) is 0 Å². The molecule has 4 aliphatic rings. The minimum Gasteiger partial charge on any atom is -0.365 e. The number of Topliss-reactive ketones (excluding diaryl/α,β-unsaturated/α-hetero) is 1. The molecule has 0 aliphatic heterocycles. The molecule has 0 heterocycles. The Morgan fingerprint density at radius 2 is 1.70 bits per heavy atom. The lowest BCUT2D eigenvalue weighted by Crippen LogP contribution is -2.56. The minimum absolute atomic E-state index is 0.0935. The molecule has 0 amide bonds. The van der Waals surface area contributed by atoms with Crippen molar-refractivity contribution < 1.29 is 9.53 Å². The van der Waals surface area contributed by atoms with Crippen LogP contribution < -0.4 is 0 Å². The Kier molecular flexibility index (Phi) is 5.28. The summed E-state index contributed by atoms with van der Waals surface area (Å²) in [6.07, 6.45) is 13.8. The highest BCUT2D eigenvalue weighted by Gasteiger charge is 2.61. The van der Waals surface area contributed by atoms with Crippen LogP contribution in [0.15, 0.2) is 0 Å². The number of hydrogen-bond acceptors (Lipinski definition) is 3. The molecular formula is C24H40O2S. The zero-order chi connectivity index (χ0) is 19.4. The van der Waals surface area contributed by atoms with Crippen molar-refractivity contribution in [1.82, 2.24) is 0 Å². The van der Waals surface area contributed by atoms with Crippen molar-refractivity contribution in [2.45, 2.75) is 91.1 Å². The third-order valence-corrected chi connectivity index (χ3v) is 10.3. The predicted molar refractivity (Wildman–Crippen MR) is 114 cm³/mol. The van der Waals surface area contributed by atoms with Gasteiger partial charge in [-0.3, -0.25) is 4.79 Å². The highest BCUT2D eigenvalue weighted by atomic mass is 32.2. The largest absolute Gasteiger partial charge is 0.365 e. The molecule has 0 bridgehead atoms. The van der Waals surface area contributed by atoms with Gasteiger partial charge in [0.1, 0.15) is 5.78 Å². The Hall–Kier alpha value is -0.0200. The van der Waals surface area contributed by atoms with Gasteiger partial charge >= 0.3 is 0 Å². The van der Waals surface area contributed by atoms with Crippen LogP contribution in [0.5, 0.6) is 0 Å². The molecule has 0 aromatic heterocycles. The molecule has 0 N–H and O–H groups in total. The number of carbonyl (C=O) groups is 1. The maximum atomic E-state index is 12.3. The summed E-state index contributed by atoms with van der Waals surface area (Å²) < 4.78 is 6.30. The molecule has 0 aromatic carbocycles. The number of fused-ring (bicyclic) bond motifs is 5. The lowest BCUT2D eigenvalue weighted by atomic mass is 9.44. The highest BCUT2D eigenvalue weighted by molar-refractivity contribution is 7.98. The first-order chi connectivity index (χ1) is 12.7. The van der Waals surface area contributed by atoms with Gasteiger partial charge in [0.15, 0.2) is 0 Å². The average Bonchev–Trinajstić information content (AvgIpc) is 2.98. The van der Waals surface area contributed by atoms with Crippen molar-refractivity contribution in [1.29, 1.82) is 0 Å². The third-order valence-electron chi connectivity index (χ3n) is 9.95. The van der Waals surface area contributed by atoms with Crippen molar-refractivity contribution >= 4 is 17.5 Å². The first-order valence-corrected chi connectivity index (χ1v) is 12.8. The molecule has 27 heavy (non-hydrogen) atoms. The summed E-state index contributed by atoms with van der Waals surface area (Å²) in [5.74, 6) is 4.99. The Morgan fingerprint density at radius 3 is 2.41 bits per heavy atom. The van der Waals surface area contributed by atoms with Crippen LogP contribution in [0.25, 0.3) is 0 Å². The van der Waals surface area contributed by atoms with Crippen molar-refractivity contribution in [2.24, 2.45) is 40.4 Å². The number of carbonyl (C=O) groups excluding carboxylic acids is 1. The zero-order valence-electron chi connectivity index (χ0n) is 18.2. The SMILES string of the molecule is CSCO[C@]1(C)CC[C@@]2(C)[C@@H](CC[C@@H]3[C@@H]2CC[C@]2(C)[C@@H](C(C)=O)CC[C@@H]32)C1. The smallest absolute Gasteiger partial charge is 0.133 e. The van der Waals surface area contributed by atoms with E-state index in [1.807, 2.05) is 6.92 Å². The van der Waals surface area contributed by atoms with Crippen LogP contribution in [0.4, 0.5) is 0 Å². The quantitative estimate of drug-likeness (QED) is 0.523. The molecule has 4 aliphatic carbocycles. The van der Waals surface area contributed by atoms with Gasteiger partial charge in [-0.05, 0) is 112 Å². The fourth-order valence-corrected chi connectivity index (χ4v) is 8.82. The fourth-order valence-electron chi connectivity index (χ4n) is 8.42. The molecule has 0 radical (unpaired) electrons. The molecule has 0 unspecified atom stereocenters. The molecule has 8 atom stereocenters. The van der Waals surface area contributed by atoms with E-state index < -0.39 is 0 Å². The summed E-state index contributed by atoms with van der Waals surface area (Å²) in [6, 6.07) is 0. The van der Waals surface area contributed by atoms with Gasteiger partial charge in [0.2, 0.25) is 0 Å². The monoisotopic (exact) mass is 392 g/mol. The van der Waals surface area contributed by atoms with Gasteiger partial charge in [0, 0.05) is 5.92 Å². The fraction of sp³-hybridized carbons (Fsp3) is 0.958. The Morgan fingerprint density at radius 1 is 0.963 bits per heavy atom. The molecule has 3 heteroatoms. The molecule has 4 saturated carbocycles. The van der Waals surface area contributed by atoms with Crippen LogP contribution >= 0.6 is 11.8 Å². The molecule has 4 rings (SSSR count). The Labute approximate surface area is 171 Å².